The monoisotopic (exact) mass is 505 g/mol. The number of aliphatic carboxylic acids is 1. The number of rotatable bonds is 12. The van der Waals surface area contributed by atoms with Gasteiger partial charge in [-0.05, 0) is 92.4 Å². The van der Waals surface area contributed by atoms with Gasteiger partial charge < -0.3 is 14.9 Å². The van der Waals surface area contributed by atoms with Crippen molar-refractivity contribution in [3.8, 4) is 0 Å². The molecule has 1 saturated heterocycles. The van der Waals surface area contributed by atoms with Gasteiger partial charge in [-0.2, -0.15) is 0 Å². The van der Waals surface area contributed by atoms with Crippen molar-refractivity contribution in [1.29, 1.82) is 0 Å². The number of aliphatic hydroxyl groups excluding tert-OH is 1. The van der Waals surface area contributed by atoms with Crippen LogP contribution in [-0.4, -0.2) is 52.9 Å². The molecule has 0 unspecified atom stereocenters. The number of hydrogen-bond acceptors (Lipinski definition) is 4. The molecule has 1 heterocycles. The fraction of sp³-hybridized carbons (Fsp3) is 0.536. The van der Waals surface area contributed by atoms with E-state index < -0.39 is 18.2 Å². The molecule has 0 aromatic heterocycles. The molecular formula is C28H37ClFNO4. The quantitative estimate of drug-likeness (QED) is 0.398. The smallest absolute Gasteiger partial charge is 0.303 e. The maximum absolute atomic E-state index is 14.2. The number of nitrogens with zero attached hydrogens (tertiary/aromatic N) is 1. The summed E-state index contributed by atoms with van der Waals surface area (Å²) in [6.07, 6.45) is 3.15. The second kappa shape index (κ2) is 12.8. The fourth-order valence-electron chi connectivity index (χ4n) is 4.93. The van der Waals surface area contributed by atoms with E-state index in [0.29, 0.717) is 30.1 Å². The number of carbonyl (C=O) groups is 1. The maximum Gasteiger partial charge on any atom is 0.303 e. The molecule has 0 aliphatic carbocycles. The van der Waals surface area contributed by atoms with Gasteiger partial charge in [-0.15, -0.1) is 0 Å². The fourth-order valence-corrected chi connectivity index (χ4v) is 5.18. The Balaban J connectivity index is 1.57. The number of ether oxygens (including phenoxy) is 1. The number of β-amino-alcohol motifs (C(OH)–C–C–N with tert-alkyl or cyclic N) is 1. The largest absolute Gasteiger partial charge is 0.481 e. The molecule has 0 radical (unpaired) electrons. The summed E-state index contributed by atoms with van der Waals surface area (Å²) in [6, 6.07) is 9.72. The number of aliphatic hydroxyl groups is 1. The molecule has 5 nitrogen and oxygen atoms in total. The van der Waals surface area contributed by atoms with Gasteiger partial charge in [0, 0.05) is 24.0 Å². The number of aryl methyl sites for hydroxylation is 3. The zero-order chi connectivity index (χ0) is 25.5. The Labute approximate surface area is 212 Å². The van der Waals surface area contributed by atoms with Crippen molar-refractivity contribution in [3.63, 3.8) is 0 Å². The second-order valence-corrected chi connectivity index (χ2v) is 10.0. The molecule has 0 bridgehead atoms. The Morgan fingerprint density at radius 1 is 1.29 bits per heavy atom. The lowest BCUT2D eigenvalue weighted by Crippen LogP contribution is -2.39. The number of carboxylic acids is 1. The van der Waals surface area contributed by atoms with Crippen molar-refractivity contribution in [2.45, 2.75) is 77.5 Å². The van der Waals surface area contributed by atoms with Crippen molar-refractivity contribution in [2.24, 2.45) is 0 Å². The topological polar surface area (TPSA) is 70.0 Å². The van der Waals surface area contributed by atoms with E-state index in [1.54, 1.807) is 13.0 Å². The first-order chi connectivity index (χ1) is 16.7. The third-order valence-corrected chi connectivity index (χ3v) is 7.28. The number of halogens is 2. The van der Waals surface area contributed by atoms with Gasteiger partial charge in [0.1, 0.15) is 5.82 Å². The minimum Gasteiger partial charge on any atom is -0.481 e. The Hall–Kier alpha value is -1.99. The van der Waals surface area contributed by atoms with Crippen molar-refractivity contribution in [3.05, 3.63) is 69.0 Å². The van der Waals surface area contributed by atoms with Crippen LogP contribution in [0.15, 0.2) is 30.3 Å². The highest BCUT2D eigenvalue weighted by molar-refractivity contribution is 6.31. The second-order valence-electron chi connectivity index (χ2n) is 9.60. The summed E-state index contributed by atoms with van der Waals surface area (Å²) in [7, 11) is 0. The normalized spacial score (nSPS) is 18.1. The molecule has 2 aromatic carbocycles. The Morgan fingerprint density at radius 2 is 2.06 bits per heavy atom. The zero-order valence-electron chi connectivity index (χ0n) is 20.9. The summed E-state index contributed by atoms with van der Waals surface area (Å²) in [5.41, 5.74) is 4.30. The SMILES string of the molecule is CCc1cc(C[C@@H]2CCCN2C[C@@H](O)CO[C@H](C)c2cc(F)c(C)cc2CCC(=O)O)ccc1Cl. The molecule has 1 fully saturated rings. The van der Waals surface area contributed by atoms with Crippen LogP contribution in [0.3, 0.4) is 0 Å². The van der Waals surface area contributed by atoms with E-state index in [0.717, 1.165) is 48.4 Å². The summed E-state index contributed by atoms with van der Waals surface area (Å²) < 4.78 is 20.2. The highest BCUT2D eigenvalue weighted by Crippen LogP contribution is 2.27. The molecule has 192 valence electrons. The molecule has 0 saturated carbocycles. The van der Waals surface area contributed by atoms with Crippen LogP contribution in [0.1, 0.15) is 67.0 Å². The number of likely N-dealkylation sites (tertiary alicyclic amines) is 1. The minimum atomic E-state index is -0.897. The minimum absolute atomic E-state index is 0.0306. The van der Waals surface area contributed by atoms with Gasteiger partial charge in [-0.25, -0.2) is 4.39 Å². The highest BCUT2D eigenvalue weighted by Gasteiger charge is 2.27. The van der Waals surface area contributed by atoms with Gasteiger partial charge in [0.25, 0.3) is 0 Å². The lowest BCUT2D eigenvalue weighted by atomic mass is 9.96. The van der Waals surface area contributed by atoms with Crippen LogP contribution in [0.4, 0.5) is 4.39 Å². The van der Waals surface area contributed by atoms with Gasteiger partial charge in [0.05, 0.1) is 18.8 Å². The van der Waals surface area contributed by atoms with E-state index in [1.807, 2.05) is 13.0 Å². The average molecular weight is 506 g/mol. The Morgan fingerprint density at radius 3 is 2.77 bits per heavy atom. The van der Waals surface area contributed by atoms with Crippen molar-refractivity contribution >= 4 is 17.6 Å². The molecule has 2 aromatic rings. The average Bonchev–Trinajstić information content (AvgIpc) is 3.25. The van der Waals surface area contributed by atoms with Gasteiger partial charge in [0.2, 0.25) is 0 Å². The lowest BCUT2D eigenvalue weighted by molar-refractivity contribution is -0.136. The van der Waals surface area contributed by atoms with Crippen LogP contribution in [0.5, 0.6) is 0 Å². The third-order valence-electron chi connectivity index (χ3n) is 6.91. The summed E-state index contributed by atoms with van der Waals surface area (Å²) >= 11 is 6.27. The summed E-state index contributed by atoms with van der Waals surface area (Å²) in [6.45, 7) is 7.15. The van der Waals surface area contributed by atoms with Crippen LogP contribution in [-0.2, 0) is 28.8 Å². The van der Waals surface area contributed by atoms with E-state index in [1.165, 1.54) is 11.6 Å². The molecule has 0 spiro atoms. The standard InChI is InChI=1S/C28H37ClFNO4/c1-4-21-13-20(7-9-26(21)29)14-23-6-5-11-31(23)16-24(32)17-35-19(3)25-15-27(30)18(2)12-22(25)8-10-28(33)34/h7,9,12-13,15,19,23-24,32H,4-6,8,10-11,14,16-17H2,1-3H3,(H,33,34)/t19-,23+,24-/m1/s1. The molecule has 1 aliphatic heterocycles. The summed E-state index contributed by atoms with van der Waals surface area (Å²) in [4.78, 5) is 13.3. The third kappa shape index (κ3) is 7.74. The first-order valence-corrected chi connectivity index (χ1v) is 12.9. The van der Waals surface area contributed by atoms with Crippen molar-refractivity contribution < 1.29 is 24.1 Å². The first-order valence-electron chi connectivity index (χ1n) is 12.5. The Bertz CT molecular complexity index is 1010. The van der Waals surface area contributed by atoms with E-state index >= 15 is 0 Å². The van der Waals surface area contributed by atoms with Crippen LogP contribution in [0.2, 0.25) is 5.02 Å². The maximum atomic E-state index is 14.2. The van der Waals surface area contributed by atoms with Crippen LogP contribution in [0.25, 0.3) is 0 Å². The van der Waals surface area contributed by atoms with Crippen LogP contribution < -0.4 is 0 Å². The molecule has 3 atom stereocenters. The van der Waals surface area contributed by atoms with E-state index in [4.69, 9.17) is 21.4 Å². The molecule has 35 heavy (non-hydrogen) atoms. The molecule has 0 amide bonds. The molecular weight excluding hydrogens is 469 g/mol. The molecule has 3 rings (SSSR count). The predicted octanol–water partition coefficient (Wildman–Crippen LogP) is 5.51. The van der Waals surface area contributed by atoms with Crippen LogP contribution in [0, 0.1) is 12.7 Å². The number of carboxylic acid groups (broad SMARTS) is 1. The predicted molar refractivity (Wildman–Crippen MR) is 137 cm³/mol. The number of benzene rings is 2. The zero-order valence-corrected chi connectivity index (χ0v) is 21.7. The molecule has 7 heteroatoms. The van der Waals surface area contributed by atoms with E-state index in [2.05, 4.69) is 24.0 Å². The summed E-state index contributed by atoms with van der Waals surface area (Å²) in [5.74, 6) is -1.24. The van der Waals surface area contributed by atoms with Crippen molar-refractivity contribution in [2.75, 3.05) is 19.7 Å². The molecule has 1 aliphatic rings. The van der Waals surface area contributed by atoms with Crippen LogP contribution >= 0.6 is 11.6 Å². The van der Waals surface area contributed by atoms with Gasteiger partial charge in [-0.1, -0.05) is 36.7 Å². The highest BCUT2D eigenvalue weighted by atomic mass is 35.5. The first kappa shape index (κ1) is 27.6. The van der Waals surface area contributed by atoms with Crippen molar-refractivity contribution in [1.82, 2.24) is 4.90 Å². The molecule has 2 N–H and O–H groups in total. The van der Waals surface area contributed by atoms with Gasteiger partial charge >= 0.3 is 5.97 Å². The van der Waals surface area contributed by atoms with Gasteiger partial charge in [-0.3, -0.25) is 9.69 Å². The Kier molecular flexibility index (Phi) is 10.1. The number of hydrogen-bond donors (Lipinski definition) is 2. The van der Waals surface area contributed by atoms with E-state index in [9.17, 15) is 14.3 Å². The summed E-state index contributed by atoms with van der Waals surface area (Å²) in [5, 5.41) is 20.6. The van der Waals surface area contributed by atoms with E-state index in [-0.39, 0.29) is 18.8 Å². The lowest BCUT2D eigenvalue weighted by Gasteiger charge is -2.28. The van der Waals surface area contributed by atoms with Gasteiger partial charge in [0.15, 0.2) is 0 Å².